The van der Waals surface area contributed by atoms with Crippen molar-refractivity contribution in [2.45, 2.75) is 132 Å². The summed E-state index contributed by atoms with van der Waals surface area (Å²) >= 11 is 0. The van der Waals surface area contributed by atoms with Gasteiger partial charge in [0.25, 0.3) is 0 Å². The number of hydrogen-bond acceptors (Lipinski definition) is 0. The standard InChI is InChI=1S/C30H54/c1-21(11-10-12-22(2)28(3,4)5)25-16-17-26-24-15-14-23-13-8-9-19-29(23,6)27(24)18-20-30(25,26)7/h21-27H,8-20H2,1-7H3/t21-,22?,23?,24+,25-,26+,27+,29+,30-/m1/s1. The Morgan fingerprint density at radius 2 is 1.50 bits per heavy atom. The highest BCUT2D eigenvalue weighted by atomic mass is 14.6. The van der Waals surface area contributed by atoms with Crippen LogP contribution in [0.3, 0.4) is 0 Å². The Kier molecular flexibility index (Phi) is 6.49. The second-order valence-corrected chi connectivity index (χ2v) is 14.3. The van der Waals surface area contributed by atoms with Crippen LogP contribution >= 0.6 is 0 Å². The fourth-order valence-corrected chi connectivity index (χ4v) is 9.65. The van der Waals surface area contributed by atoms with E-state index < -0.39 is 0 Å². The van der Waals surface area contributed by atoms with Gasteiger partial charge in [-0.25, -0.2) is 0 Å². The van der Waals surface area contributed by atoms with E-state index in [2.05, 4.69) is 48.5 Å². The second-order valence-electron chi connectivity index (χ2n) is 14.3. The molecule has 0 aromatic heterocycles. The summed E-state index contributed by atoms with van der Waals surface area (Å²) in [5.74, 6) is 7.04. The molecule has 0 heterocycles. The summed E-state index contributed by atoms with van der Waals surface area (Å²) in [5.41, 5.74) is 1.84. The Hall–Kier alpha value is 0. The monoisotopic (exact) mass is 414 g/mol. The minimum Gasteiger partial charge on any atom is -0.0622 e. The lowest BCUT2D eigenvalue weighted by Gasteiger charge is -2.61. The molecule has 4 saturated carbocycles. The molecule has 4 aliphatic carbocycles. The first-order valence-electron chi connectivity index (χ1n) is 14.1. The molecular formula is C30H54. The van der Waals surface area contributed by atoms with Crippen LogP contribution in [0.1, 0.15) is 132 Å². The van der Waals surface area contributed by atoms with Crippen molar-refractivity contribution in [3.05, 3.63) is 0 Å². The van der Waals surface area contributed by atoms with Crippen molar-refractivity contribution in [1.82, 2.24) is 0 Å². The molecule has 0 aromatic rings. The molecule has 0 radical (unpaired) electrons. The summed E-state index contributed by atoms with van der Waals surface area (Å²) in [6.45, 7) is 17.9. The lowest BCUT2D eigenvalue weighted by molar-refractivity contribution is -0.114. The predicted octanol–water partition coefficient (Wildman–Crippen LogP) is 9.52. The minimum absolute atomic E-state index is 0.472. The zero-order chi connectivity index (χ0) is 21.7. The molecule has 0 bridgehead atoms. The van der Waals surface area contributed by atoms with Gasteiger partial charge in [-0.05, 0) is 109 Å². The van der Waals surface area contributed by atoms with Crippen LogP contribution < -0.4 is 0 Å². The van der Waals surface area contributed by atoms with Crippen LogP contribution in [0.5, 0.6) is 0 Å². The van der Waals surface area contributed by atoms with E-state index in [0.717, 1.165) is 41.4 Å². The Labute approximate surface area is 189 Å². The molecule has 0 heteroatoms. The molecular weight excluding hydrogens is 360 g/mol. The van der Waals surface area contributed by atoms with E-state index in [0.29, 0.717) is 16.2 Å². The van der Waals surface area contributed by atoms with Gasteiger partial charge in [0.2, 0.25) is 0 Å². The Balaban J connectivity index is 1.40. The van der Waals surface area contributed by atoms with Crippen LogP contribution in [0.15, 0.2) is 0 Å². The average molecular weight is 415 g/mol. The predicted molar refractivity (Wildman–Crippen MR) is 131 cm³/mol. The van der Waals surface area contributed by atoms with Gasteiger partial charge in [-0.1, -0.05) is 80.6 Å². The van der Waals surface area contributed by atoms with Crippen molar-refractivity contribution in [2.24, 2.45) is 57.7 Å². The van der Waals surface area contributed by atoms with Crippen molar-refractivity contribution in [1.29, 1.82) is 0 Å². The van der Waals surface area contributed by atoms with Crippen molar-refractivity contribution in [2.75, 3.05) is 0 Å². The Morgan fingerprint density at radius 3 is 2.23 bits per heavy atom. The van der Waals surface area contributed by atoms with Crippen LogP contribution in [0.4, 0.5) is 0 Å². The highest BCUT2D eigenvalue weighted by Crippen LogP contribution is 2.68. The lowest BCUT2D eigenvalue weighted by atomic mass is 9.44. The first-order chi connectivity index (χ1) is 14.1. The molecule has 4 aliphatic rings. The second kappa shape index (κ2) is 8.41. The van der Waals surface area contributed by atoms with Gasteiger partial charge in [0.05, 0.1) is 0 Å². The van der Waals surface area contributed by atoms with Crippen LogP contribution in [0.25, 0.3) is 0 Å². The number of hydrogen-bond donors (Lipinski definition) is 0. The van der Waals surface area contributed by atoms with Gasteiger partial charge in [-0.15, -0.1) is 0 Å². The van der Waals surface area contributed by atoms with Crippen LogP contribution in [-0.2, 0) is 0 Å². The van der Waals surface area contributed by atoms with Crippen LogP contribution in [-0.4, -0.2) is 0 Å². The van der Waals surface area contributed by atoms with Crippen LogP contribution in [0, 0.1) is 57.7 Å². The molecule has 4 rings (SSSR count). The summed E-state index contributed by atoms with van der Waals surface area (Å²) in [5, 5.41) is 0. The summed E-state index contributed by atoms with van der Waals surface area (Å²) in [6, 6.07) is 0. The Morgan fingerprint density at radius 1 is 0.767 bits per heavy atom. The average Bonchev–Trinajstić information content (AvgIpc) is 3.04. The molecule has 0 nitrogen and oxygen atoms in total. The van der Waals surface area contributed by atoms with E-state index in [1.807, 2.05) is 0 Å². The normalized spacial score (nSPS) is 45.9. The third-order valence-electron chi connectivity index (χ3n) is 12.1. The van der Waals surface area contributed by atoms with Gasteiger partial charge in [-0.2, -0.15) is 0 Å². The maximum absolute atomic E-state index is 2.76. The van der Waals surface area contributed by atoms with Gasteiger partial charge >= 0.3 is 0 Å². The molecule has 0 aliphatic heterocycles. The van der Waals surface area contributed by atoms with Gasteiger partial charge in [0, 0.05) is 0 Å². The highest BCUT2D eigenvalue weighted by Gasteiger charge is 2.60. The number of rotatable bonds is 5. The van der Waals surface area contributed by atoms with Gasteiger partial charge in [-0.3, -0.25) is 0 Å². The summed E-state index contributed by atoms with van der Waals surface area (Å²) in [4.78, 5) is 0. The fourth-order valence-electron chi connectivity index (χ4n) is 9.65. The molecule has 0 spiro atoms. The van der Waals surface area contributed by atoms with Crippen LogP contribution in [0.2, 0.25) is 0 Å². The van der Waals surface area contributed by atoms with Crippen molar-refractivity contribution >= 4 is 0 Å². The molecule has 9 atom stereocenters. The molecule has 2 unspecified atom stereocenters. The fraction of sp³-hybridized carbons (Fsp3) is 1.00. The largest absolute Gasteiger partial charge is 0.0622 e. The topological polar surface area (TPSA) is 0 Å². The van der Waals surface area contributed by atoms with E-state index in [4.69, 9.17) is 0 Å². The van der Waals surface area contributed by atoms with Crippen molar-refractivity contribution in [3.63, 3.8) is 0 Å². The maximum Gasteiger partial charge on any atom is -0.0264 e. The van der Waals surface area contributed by atoms with E-state index in [-0.39, 0.29) is 0 Å². The number of fused-ring (bicyclic) bond motifs is 5. The molecule has 0 amide bonds. The third kappa shape index (κ3) is 3.94. The zero-order valence-corrected chi connectivity index (χ0v) is 21.7. The van der Waals surface area contributed by atoms with Gasteiger partial charge in [0.15, 0.2) is 0 Å². The zero-order valence-electron chi connectivity index (χ0n) is 21.7. The molecule has 0 aromatic carbocycles. The molecule has 174 valence electrons. The highest BCUT2D eigenvalue weighted by molar-refractivity contribution is 5.09. The minimum atomic E-state index is 0.472. The Bertz CT molecular complexity index is 583. The summed E-state index contributed by atoms with van der Waals surface area (Å²) < 4.78 is 0. The van der Waals surface area contributed by atoms with Crippen molar-refractivity contribution < 1.29 is 0 Å². The quantitative estimate of drug-likeness (QED) is 0.420. The molecule has 0 N–H and O–H groups in total. The SMILES string of the molecule is CC(CCC[C@@H](C)[C@H]1CC[C@H]2[C@@H]3CCC4CCCC[C@]4(C)[C@H]3CC[C@]12C)C(C)(C)C. The first-order valence-corrected chi connectivity index (χ1v) is 14.1. The summed E-state index contributed by atoms with van der Waals surface area (Å²) in [7, 11) is 0. The molecule has 4 fully saturated rings. The van der Waals surface area contributed by atoms with E-state index >= 15 is 0 Å². The maximum atomic E-state index is 2.76. The molecule has 30 heavy (non-hydrogen) atoms. The van der Waals surface area contributed by atoms with E-state index in [1.165, 1.54) is 32.1 Å². The lowest BCUT2D eigenvalue weighted by Crippen LogP contribution is -2.53. The van der Waals surface area contributed by atoms with Gasteiger partial charge in [0.1, 0.15) is 0 Å². The van der Waals surface area contributed by atoms with E-state index in [9.17, 15) is 0 Å². The third-order valence-corrected chi connectivity index (χ3v) is 12.1. The van der Waals surface area contributed by atoms with E-state index in [1.54, 1.807) is 51.4 Å². The van der Waals surface area contributed by atoms with Gasteiger partial charge < -0.3 is 0 Å². The first kappa shape index (κ1) is 23.2. The smallest absolute Gasteiger partial charge is 0.0264 e. The summed E-state index contributed by atoms with van der Waals surface area (Å²) in [6.07, 6.45) is 19.8. The van der Waals surface area contributed by atoms with Crippen molar-refractivity contribution in [3.8, 4) is 0 Å². The molecule has 0 saturated heterocycles.